The molecule has 1 fully saturated rings. The number of pyridine rings is 1. The third kappa shape index (κ3) is 5.57. The zero-order valence-electron chi connectivity index (χ0n) is 17.0. The minimum atomic E-state index is -0.0325. The SMILES string of the molecule is CSc1nc(CN2CCOC(COc3ccc(C(C)=O)c(C)c3)C2)ccc1C#N. The van der Waals surface area contributed by atoms with Crippen molar-refractivity contribution in [3.63, 3.8) is 0 Å². The molecule has 1 saturated heterocycles. The third-order valence-electron chi connectivity index (χ3n) is 4.85. The fraction of sp³-hybridized carbons (Fsp3) is 0.409. The summed E-state index contributed by atoms with van der Waals surface area (Å²) in [5.74, 6) is 0.799. The first-order valence-corrected chi connectivity index (χ1v) is 10.7. The fourth-order valence-corrected chi connectivity index (χ4v) is 3.91. The predicted molar refractivity (Wildman–Crippen MR) is 112 cm³/mol. The first kappa shape index (κ1) is 21.3. The zero-order chi connectivity index (χ0) is 20.8. The Balaban J connectivity index is 1.56. The van der Waals surface area contributed by atoms with Gasteiger partial charge in [-0.25, -0.2) is 4.98 Å². The molecule has 0 spiro atoms. The van der Waals surface area contributed by atoms with Crippen molar-refractivity contribution in [2.24, 2.45) is 0 Å². The van der Waals surface area contributed by atoms with E-state index >= 15 is 0 Å². The summed E-state index contributed by atoms with van der Waals surface area (Å²) in [5.41, 5.74) is 3.20. The lowest BCUT2D eigenvalue weighted by molar-refractivity contribution is -0.0507. The van der Waals surface area contributed by atoms with Crippen molar-refractivity contribution in [3.05, 3.63) is 52.7 Å². The molecule has 2 heterocycles. The van der Waals surface area contributed by atoms with Crippen LogP contribution in [0.1, 0.15) is 34.1 Å². The minimum Gasteiger partial charge on any atom is -0.491 e. The highest BCUT2D eigenvalue weighted by Crippen LogP contribution is 2.20. The number of carbonyl (C=O) groups is 1. The van der Waals surface area contributed by atoms with Crippen LogP contribution >= 0.6 is 11.8 Å². The van der Waals surface area contributed by atoms with Crippen molar-refractivity contribution in [2.45, 2.75) is 31.5 Å². The number of benzene rings is 1. The number of aromatic nitrogens is 1. The van der Waals surface area contributed by atoms with Gasteiger partial charge in [-0.05, 0) is 56.0 Å². The van der Waals surface area contributed by atoms with Gasteiger partial charge in [-0.3, -0.25) is 9.69 Å². The Kier molecular flexibility index (Phi) is 7.26. The van der Waals surface area contributed by atoms with Gasteiger partial charge in [0.2, 0.25) is 0 Å². The van der Waals surface area contributed by atoms with Gasteiger partial charge in [-0.2, -0.15) is 5.26 Å². The van der Waals surface area contributed by atoms with Crippen LogP contribution in [0, 0.1) is 18.3 Å². The van der Waals surface area contributed by atoms with Gasteiger partial charge in [-0.15, -0.1) is 11.8 Å². The van der Waals surface area contributed by atoms with Gasteiger partial charge in [-0.1, -0.05) is 0 Å². The van der Waals surface area contributed by atoms with E-state index in [1.54, 1.807) is 13.0 Å². The number of thioether (sulfide) groups is 1. The molecule has 29 heavy (non-hydrogen) atoms. The second-order valence-electron chi connectivity index (χ2n) is 7.04. The van der Waals surface area contributed by atoms with Crippen LogP contribution in [0.2, 0.25) is 0 Å². The number of rotatable bonds is 7. The molecular weight excluding hydrogens is 386 g/mol. The lowest BCUT2D eigenvalue weighted by Gasteiger charge is -2.32. The summed E-state index contributed by atoms with van der Waals surface area (Å²) in [4.78, 5) is 18.5. The molecule has 1 unspecified atom stereocenters. The number of hydrogen-bond acceptors (Lipinski definition) is 7. The van der Waals surface area contributed by atoms with Crippen molar-refractivity contribution < 1.29 is 14.3 Å². The molecule has 3 rings (SSSR count). The average molecular weight is 412 g/mol. The van der Waals surface area contributed by atoms with Gasteiger partial charge >= 0.3 is 0 Å². The molecule has 1 aromatic heterocycles. The van der Waals surface area contributed by atoms with E-state index < -0.39 is 0 Å². The molecule has 6 nitrogen and oxygen atoms in total. The second kappa shape index (κ2) is 9.88. The Morgan fingerprint density at radius 3 is 2.93 bits per heavy atom. The molecule has 152 valence electrons. The van der Waals surface area contributed by atoms with Crippen LogP contribution in [0.15, 0.2) is 35.4 Å². The number of morpholine rings is 1. The molecule has 0 amide bonds. The number of aryl methyl sites for hydroxylation is 1. The lowest BCUT2D eigenvalue weighted by Crippen LogP contribution is -2.44. The van der Waals surface area contributed by atoms with Gasteiger partial charge in [0.25, 0.3) is 0 Å². The maximum Gasteiger partial charge on any atom is 0.160 e. The number of ketones is 1. The predicted octanol–water partition coefficient (Wildman–Crippen LogP) is 3.47. The highest BCUT2D eigenvalue weighted by atomic mass is 32.2. The maximum atomic E-state index is 11.6. The quantitative estimate of drug-likeness (QED) is 0.510. The molecule has 1 atom stereocenters. The first-order valence-electron chi connectivity index (χ1n) is 9.52. The minimum absolute atomic E-state index is 0.0325. The molecule has 2 aromatic rings. The summed E-state index contributed by atoms with van der Waals surface area (Å²) in [6.45, 7) is 6.87. The standard InChI is InChI=1S/C22H25N3O3S/c1-15-10-19(6-7-21(15)16(2)26)28-14-20-13-25(8-9-27-20)12-18-5-4-17(11-23)22(24-18)29-3/h4-7,10,20H,8-9,12-14H2,1-3H3. The number of carbonyl (C=O) groups excluding carboxylic acids is 1. The highest BCUT2D eigenvalue weighted by Gasteiger charge is 2.22. The Labute approximate surface area is 175 Å². The van der Waals surface area contributed by atoms with E-state index in [-0.39, 0.29) is 11.9 Å². The van der Waals surface area contributed by atoms with Crippen molar-refractivity contribution in [3.8, 4) is 11.8 Å². The van der Waals surface area contributed by atoms with Crippen LogP contribution in [-0.4, -0.2) is 54.3 Å². The smallest absolute Gasteiger partial charge is 0.160 e. The van der Waals surface area contributed by atoms with Gasteiger partial charge in [0.1, 0.15) is 29.6 Å². The zero-order valence-corrected chi connectivity index (χ0v) is 17.8. The van der Waals surface area contributed by atoms with Gasteiger partial charge in [0.15, 0.2) is 5.78 Å². The number of hydrogen-bond donors (Lipinski definition) is 0. The lowest BCUT2D eigenvalue weighted by atomic mass is 10.1. The number of nitrogens with zero attached hydrogens (tertiary/aromatic N) is 3. The van der Waals surface area contributed by atoms with Gasteiger partial charge < -0.3 is 9.47 Å². The summed E-state index contributed by atoms with van der Waals surface area (Å²) in [6, 6.07) is 11.5. The topological polar surface area (TPSA) is 75.5 Å². The molecule has 0 saturated carbocycles. The summed E-state index contributed by atoms with van der Waals surface area (Å²) in [7, 11) is 0. The number of nitriles is 1. The normalized spacial score (nSPS) is 17.0. The molecule has 0 bridgehead atoms. The molecule has 0 radical (unpaired) electrons. The highest BCUT2D eigenvalue weighted by molar-refractivity contribution is 7.98. The van der Waals surface area contributed by atoms with E-state index in [2.05, 4.69) is 16.0 Å². The van der Waals surface area contributed by atoms with Crippen molar-refractivity contribution in [1.29, 1.82) is 5.26 Å². The van der Waals surface area contributed by atoms with Crippen LogP contribution in [0.3, 0.4) is 0 Å². The van der Waals surface area contributed by atoms with E-state index in [9.17, 15) is 4.79 Å². The van der Waals surface area contributed by atoms with Crippen LogP contribution in [0.25, 0.3) is 0 Å². The Morgan fingerprint density at radius 2 is 2.24 bits per heavy atom. The largest absolute Gasteiger partial charge is 0.491 e. The van der Waals surface area contributed by atoms with Crippen molar-refractivity contribution in [1.82, 2.24) is 9.88 Å². The van der Waals surface area contributed by atoms with E-state index in [1.165, 1.54) is 11.8 Å². The Morgan fingerprint density at radius 1 is 1.41 bits per heavy atom. The maximum absolute atomic E-state index is 11.6. The van der Waals surface area contributed by atoms with E-state index in [0.29, 0.717) is 25.3 Å². The monoisotopic (exact) mass is 411 g/mol. The Hall–Kier alpha value is -2.40. The molecule has 1 aliphatic rings. The van der Waals surface area contributed by atoms with E-state index in [1.807, 2.05) is 37.4 Å². The van der Waals surface area contributed by atoms with Crippen LogP contribution < -0.4 is 4.74 Å². The summed E-state index contributed by atoms with van der Waals surface area (Å²) in [6.07, 6.45) is 1.90. The number of ether oxygens (including phenoxy) is 2. The molecule has 1 aliphatic heterocycles. The van der Waals surface area contributed by atoms with Gasteiger partial charge in [0, 0.05) is 25.2 Å². The van der Waals surface area contributed by atoms with Gasteiger partial charge in [0.05, 0.1) is 17.9 Å². The molecular formula is C22H25N3O3S. The third-order valence-corrected chi connectivity index (χ3v) is 5.55. The van der Waals surface area contributed by atoms with Crippen molar-refractivity contribution >= 4 is 17.5 Å². The first-order chi connectivity index (χ1) is 14.0. The molecule has 0 N–H and O–H groups in total. The van der Waals surface area contributed by atoms with E-state index in [4.69, 9.17) is 14.7 Å². The molecule has 1 aromatic carbocycles. The van der Waals surface area contributed by atoms with Crippen LogP contribution in [0.5, 0.6) is 5.75 Å². The molecule has 7 heteroatoms. The number of Topliss-reactive ketones (excluding diaryl/α,β-unsaturated/α-hetero) is 1. The fourth-order valence-electron chi connectivity index (χ4n) is 3.37. The summed E-state index contributed by atoms with van der Waals surface area (Å²) >= 11 is 1.49. The van der Waals surface area contributed by atoms with E-state index in [0.717, 1.165) is 40.7 Å². The summed E-state index contributed by atoms with van der Waals surface area (Å²) < 4.78 is 11.8. The van der Waals surface area contributed by atoms with Crippen LogP contribution in [0.4, 0.5) is 0 Å². The molecule has 0 aliphatic carbocycles. The Bertz CT molecular complexity index is 926. The van der Waals surface area contributed by atoms with Crippen LogP contribution in [-0.2, 0) is 11.3 Å². The average Bonchev–Trinajstić information content (AvgIpc) is 2.72. The summed E-state index contributed by atoms with van der Waals surface area (Å²) in [5, 5.41) is 9.91. The van der Waals surface area contributed by atoms with Crippen molar-refractivity contribution in [2.75, 3.05) is 32.6 Å². The second-order valence-corrected chi connectivity index (χ2v) is 7.84.